The van der Waals surface area contributed by atoms with Gasteiger partial charge in [0.1, 0.15) is 5.82 Å². The number of H-pyrrole nitrogens is 1. The fraction of sp³-hybridized carbons (Fsp3) is 0.0690. The maximum absolute atomic E-state index is 10.6. The van der Waals surface area contributed by atoms with Crippen molar-refractivity contribution in [1.82, 2.24) is 20.2 Å². The van der Waals surface area contributed by atoms with E-state index in [2.05, 4.69) is 45.8 Å². The third kappa shape index (κ3) is 8.35. The Labute approximate surface area is 253 Å². The molecule has 232 valence electrons. The van der Waals surface area contributed by atoms with Crippen LogP contribution in [0.3, 0.4) is 0 Å². The average molecular weight is 650 g/mol. The van der Waals surface area contributed by atoms with Gasteiger partial charge in [0.15, 0.2) is 5.82 Å². The summed E-state index contributed by atoms with van der Waals surface area (Å²) in [6, 6.07) is 26.2. The minimum atomic E-state index is -5.08. The number of benzene rings is 4. The first-order valence-corrected chi connectivity index (χ1v) is 12.8. The van der Waals surface area contributed by atoms with Crippen LogP contribution in [0.1, 0.15) is 0 Å². The van der Waals surface area contributed by atoms with Gasteiger partial charge in [0.25, 0.3) is 0 Å². The highest BCUT2D eigenvalue weighted by Crippen LogP contribution is 2.31. The molecular formula is C29H18ClF6N5O4. The summed E-state index contributed by atoms with van der Waals surface area (Å²) in [5.74, 6) is -4.14. The number of aliphatic carboxylic acids is 2. The molecule has 9 nitrogen and oxygen atoms in total. The number of aromatic nitrogens is 4. The van der Waals surface area contributed by atoms with Crippen LogP contribution in [0.25, 0.3) is 44.0 Å². The molecule has 0 spiro atoms. The number of nitrogens with zero attached hydrogens (tertiary/aromatic N) is 3. The summed E-state index contributed by atoms with van der Waals surface area (Å²) in [5.41, 5.74) is 3.65. The zero-order chi connectivity index (χ0) is 32.9. The van der Waals surface area contributed by atoms with Crippen molar-refractivity contribution in [3.8, 4) is 11.4 Å². The summed E-state index contributed by atoms with van der Waals surface area (Å²) in [4.78, 5) is 27.5. The average Bonchev–Trinajstić information content (AvgIpc) is 3.44. The molecule has 0 aliphatic heterocycles. The van der Waals surface area contributed by atoms with E-state index in [-0.39, 0.29) is 0 Å². The molecule has 2 heterocycles. The lowest BCUT2D eigenvalue weighted by atomic mass is 10.1. The van der Waals surface area contributed by atoms with Crippen LogP contribution in [0, 0.1) is 0 Å². The molecule has 6 rings (SSSR count). The molecule has 6 aromatic rings. The first-order chi connectivity index (χ1) is 21.1. The van der Waals surface area contributed by atoms with E-state index in [4.69, 9.17) is 41.4 Å². The molecule has 0 aliphatic carbocycles. The van der Waals surface area contributed by atoms with Crippen molar-refractivity contribution in [2.24, 2.45) is 0 Å². The van der Waals surface area contributed by atoms with E-state index < -0.39 is 24.3 Å². The lowest BCUT2D eigenvalue weighted by Crippen LogP contribution is -2.21. The van der Waals surface area contributed by atoms with E-state index in [1.165, 1.54) is 5.39 Å². The fourth-order valence-corrected chi connectivity index (χ4v) is 3.98. The van der Waals surface area contributed by atoms with E-state index in [1.807, 2.05) is 48.5 Å². The Morgan fingerprint density at radius 3 is 2.04 bits per heavy atom. The number of carboxylic acid groups (broad SMARTS) is 2. The second-order valence-electron chi connectivity index (χ2n) is 9.02. The van der Waals surface area contributed by atoms with Gasteiger partial charge in [0, 0.05) is 27.0 Å². The molecule has 0 saturated heterocycles. The fourth-order valence-electron chi connectivity index (χ4n) is 3.81. The molecule has 2 aromatic heterocycles. The van der Waals surface area contributed by atoms with E-state index >= 15 is 0 Å². The zero-order valence-corrected chi connectivity index (χ0v) is 23.0. The molecule has 0 aliphatic rings. The normalized spacial score (nSPS) is 11.4. The van der Waals surface area contributed by atoms with Crippen LogP contribution in [0.5, 0.6) is 0 Å². The van der Waals surface area contributed by atoms with Crippen molar-refractivity contribution < 1.29 is 46.1 Å². The van der Waals surface area contributed by atoms with Crippen molar-refractivity contribution in [2.45, 2.75) is 12.4 Å². The number of hydrogen-bond donors (Lipinski definition) is 4. The number of aromatic amines is 1. The standard InChI is InChI=1S/C25H16ClN5.2C2HF3O2/c26-19-7-9-21-23(13-19)29-24(17-6-5-15-3-1-2-4-16(15)11-17)30-25(21)28-20-8-10-22-18(12-20)14-27-31-22;2*3-2(4,5)1(6)7/h1-14H,(H,27,31)(H,28,29,30);2*(H,6,7). The Kier molecular flexibility index (Phi) is 9.42. The van der Waals surface area contributed by atoms with Gasteiger partial charge in [-0.1, -0.05) is 48.0 Å². The second-order valence-corrected chi connectivity index (χ2v) is 9.46. The number of nitrogens with one attached hydrogen (secondary N) is 2. The number of rotatable bonds is 3. The SMILES string of the molecule is Clc1ccc2c(Nc3ccc4[nH]ncc4c3)nc(-c3ccc4ccccc4c3)nc2c1.O=C(O)C(F)(F)F.O=C(O)C(F)(F)F. The maximum atomic E-state index is 10.6. The Morgan fingerprint density at radius 1 is 0.756 bits per heavy atom. The van der Waals surface area contributed by atoms with Gasteiger partial charge in [-0.15, -0.1) is 0 Å². The Morgan fingerprint density at radius 2 is 1.40 bits per heavy atom. The van der Waals surface area contributed by atoms with Crippen LogP contribution in [-0.4, -0.2) is 54.7 Å². The van der Waals surface area contributed by atoms with Gasteiger partial charge >= 0.3 is 24.3 Å². The van der Waals surface area contributed by atoms with Crippen molar-refractivity contribution in [2.75, 3.05) is 5.32 Å². The third-order valence-corrected chi connectivity index (χ3v) is 6.09. The minimum absolute atomic E-state index is 0.640. The highest BCUT2D eigenvalue weighted by Gasteiger charge is 2.38. The van der Waals surface area contributed by atoms with Crippen molar-refractivity contribution in [3.05, 3.63) is 90.1 Å². The van der Waals surface area contributed by atoms with Crippen molar-refractivity contribution in [1.29, 1.82) is 0 Å². The summed E-state index contributed by atoms with van der Waals surface area (Å²) < 4.78 is 63.5. The summed E-state index contributed by atoms with van der Waals surface area (Å²) in [6.07, 6.45) is -8.36. The van der Waals surface area contributed by atoms with Crippen LogP contribution >= 0.6 is 11.6 Å². The summed E-state index contributed by atoms with van der Waals surface area (Å²) in [6.45, 7) is 0. The molecular weight excluding hydrogens is 632 g/mol. The monoisotopic (exact) mass is 649 g/mol. The molecule has 0 amide bonds. The maximum Gasteiger partial charge on any atom is 0.490 e. The lowest BCUT2D eigenvalue weighted by molar-refractivity contribution is -0.193. The summed E-state index contributed by atoms with van der Waals surface area (Å²) in [7, 11) is 0. The van der Waals surface area contributed by atoms with Crippen LogP contribution in [0.4, 0.5) is 37.8 Å². The number of carboxylic acids is 2. The molecule has 0 bridgehead atoms. The minimum Gasteiger partial charge on any atom is -0.475 e. The number of fused-ring (bicyclic) bond motifs is 3. The smallest absolute Gasteiger partial charge is 0.475 e. The van der Waals surface area contributed by atoms with Gasteiger partial charge in [-0.05, 0) is 53.2 Å². The first kappa shape index (κ1) is 32.5. The molecule has 16 heteroatoms. The van der Waals surface area contributed by atoms with E-state index in [9.17, 15) is 26.3 Å². The molecule has 4 aromatic carbocycles. The van der Waals surface area contributed by atoms with Crippen molar-refractivity contribution in [3.63, 3.8) is 0 Å². The zero-order valence-electron chi connectivity index (χ0n) is 22.3. The van der Waals surface area contributed by atoms with Crippen molar-refractivity contribution >= 4 is 67.6 Å². The number of carbonyl (C=O) groups is 2. The number of alkyl halides is 6. The molecule has 0 unspecified atom stereocenters. The van der Waals surface area contributed by atoms with Gasteiger partial charge in [-0.25, -0.2) is 19.6 Å². The quantitative estimate of drug-likeness (QED) is 0.141. The van der Waals surface area contributed by atoms with E-state index in [0.717, 1.165) is 44.3 Å². The van der Waals surface area contributed by atoms with Crippen LogP contribution in [-0.2, 0) is 9.59 Å². The highest BCUT2D eigenvalue weighted by atomic mass is 35.5. The molecule has 0 radical (unpaired) electrons. The Balaban J connectivity index is 0.000000277. The van der Waals surface area contributed by atoms with Crippen LogP contribution < -0.4 is 5.32 Å². The predicted octanol–water partition coefficient (Wildman–Crippen LogP) is 7.99. The van der Waals surface area contributed by atoms with Gasteiger partial charge in [0.05, 0.1) is 17.2 Å². The summed E-state index contributed by atoms with van der Waals surface area (Å²) in [5, 5.41) is 29.7. The van der Waals surface area contributed by atoms with Gasteiger partial charge in [-0.3, -0.25) is 5.10 Å². The highest BCUT2D eigenvalue weighted by molar-refractivity contribution is 6.31. The molecule has 45 heavy (non-hydrogen) atoms. The van der Waals surface area contributed by atoms with Crippen LogP contribution in [0.15, 0.2) is 85.1 Å². The molecule has 0 atom stereocenters. The van der Waals surface area contributed by atoms with Gasteiger partial charge in [-0.2, -0.15) is 31.4 Å². The van der Waals surface area contributed by atoms with E-state index in [0.29, 0.717) is 10.8 Å². The van der Waals surface area contributed by atoms with Gasteiger partial charge in [0.2, 0.25) is 0 Å². The van der Waals surface area contributed by atoms with Gasteiger partial charge < -0.3 is 15.5 Å². The number of anilines is 2. The lowest BCUT2D eigenvalue weighted by Gasteiger charge is -2.12. The number of hydrogen-bond acceptors (Lipinski definition) is 6. The Hall–Kier alpha value is -5.44. The predicted molar refractivity (Wildman–Crippen MR) is 154 cm³/mol. The second kappa shape index (κ2) is 13.1. The Bertz CT molecular complexity index is 1990. The molecule has 0 saturated carbocycles. The van der Waals surface area contributed by atoms with E-state index in [1.54, 1.807) is 6.20 Å². The summed E-state index contributed by atoms with van der Waals surface area (Å²) >= 11 is 6.27. The molecule has 4 N–H and O–H groups in total. The molecule has 0 fully saturated rings. The van der Waals surface area contributed by atoms with Crippen LogP contribution in [0.2, 0.25) is 5.02 Å². The largest absolute Gasteiger partial charge is 0.490 e. The third-order valence-electron chi connectivity index (χ3n) is 5.85. The first-order valence-electron chi connectivity index (χ1n) is 12.4. The number of halogens is 7. The topological polar surface area (TPSA) is 141 Å².